The number of nitrogens with two attached hydrogens (primary N) is 1. The summed E-state index contributed by atoms with van der Waals surface area (Å²) in [5, 5.41) is 0.714. The standard InChI is InChI=1S/C14H21ClN2O/c1-11(16)12-5-6-17(10-12)7-8-18-14-4-2-3-13(15)9-14/h2-4,9,11-12H,5-8,10,16H2,1H3. The van der Waals surface area contributed by atoms with Gasteiger partial charge < -0.3 is 10.5 Å². The monoisotopic (exact) mass is 268 g/mol. The Balaban J connectivity index is 1.70. The molecule has 1 aromatic carbocycles. The van der Waals surface area contributed by atoms with Gasteiger partial charge in [0, 0.05) is 24.2 Å². The average Bonchev–Trinajstić information content (AvgIpc) is 2.78. The maximum Gasteiger partial charge on any atom is 0.120 e. The van der Waals surface area contributed by atoms with Crippen LogP contribution < -0.4 is 10.5 Å². The number of nitrogens with zero attached hydrogens (tertiary/aromatic N) is 1. The molecule has 1 fully saturated rings. The van der Waals surface area contributed by atoms with Gasteiger partial charge in [0.15, 0.2) is 0 Å². The molecule has 1 heterocycles. The van der Waals surface area contributed by atoms with Crippen molar-refractivity contribution in [2.24, 2.45) is 11.7 Å². The third-order valence-electron chi connectivity index (χ3n) is 3.52. The highest BCUT2D eigenvalue weighted by molar-refractivity contribution is 6.30. The van der Waals surface area contributed by atoms with Gasteiger partial charge in [0.1, 0.15) is 12.4 Å². The molecule has 100 valence electrons. The van der Waals surface area contributed by atoms with E-state index < -0.39 is 0 Å². The summed E-state index contributed by atoms with van der Waals surface area (Å²) < 4.78 is 5.69. The summed E-state index contributed by atoms with van der Waals surface area (Å²) in [5.41, 5.74) is 5.92. The first-order valence-electron chi connectivity index (χ1n) is 6.51. The summed E-state index contributed by atoms with van der Waals surface area (Å²) in [6, 6.07) is 7.82. The lowest BCUT2D eigenvalue weighted by Gasteiger charge is -2.18. The van der Waals surface area contributed by atoms with Crippen LogP contribution >= 0.6 is 11.6 Å². The molecule has 18 heavy (non-hydrogen) atoms. The Hall–Kier alpha value is -0.770. The maximum absolute atomic E-state index is 5.92. The van der Waals surface area contributed by atoms with Gasteiger partial charge in [-0.3, -0.25) is 4.90 Å². The van der Waals surface area contributed by atoms with Crippen molar-refractivity contribution in [1.29, 1.82) is 0 Å². The second-order valence-electron chi connectivity index (χ2n) is 5.01. The SMILES string of the molecule is CC(N)C1CCN(CCOc2cccc(Cl)c2)C1. The Morgan fingerprint density at radius 1 is 1.56 bits per heavy atom. The molecule has 0 amide bonds. The second kappa shape index (κ2) is 6.41. The van der Waals surface area contributed by atoms with E-state index in [9.17, 15) is 0 Å². The smallest absolute Gasteiger partial charge is 0.120 e. The molecule has 1 saturated heterocycles. The van der Waals surface area contributed by atoms with Gasteiger partial charge in [-0.2, -0.15) is 0 Å². The lowest BCUT2D eigenvalue weighted by atomic mass is 10.0. The van der Waals surface area contributed by atoms with Crippen LogP contribution in [0.25, 0.3) is 0 Å². The fourth-order valence-corrected chi connectivity index (χ4v) is 2.52. The zero-order valence-corrected chi connectivity index (χ0v) is 11.6. The molecule has 3 nitrogen and oxygen atoms in total. The highest BCUT2D eigenvalue weighted by Gasteiger charge is 2.24. The molecular formula is C14H21ClN2O. The molecule has 4 heteroatoms. The van der Waals surface area contributed by atoms with Gasteiger partial charge in [0.05, 0.1) is 0 Å². The molecule has 0 bridgehead atoms. The fourth-order valence-electron chi connectivity index (χ4n) is 2.34. The predicted octanol–water partition coefficient (Wildman–Crippen LogP) is 2.39. The highest BCUT2D eigenvalue weighted by Crippen LogP contribution is 2.19. The number of hydrogen-bond acceptors (Lipinski definition) is 3. The topological polar surface area (TPSA) is 38.5 Å². The van der Waals surface area contributed by atoms with Gasteiger partial charge >= 0.3 is 0 Å². The summed E-state index contributed by atoms with van der Waals surface area (Å²) in [7, 11) is 0. The van der Waals surface area contributed by atoms with Crippen molar-refractivity contribution in [3.8, 4) is 5.75 Å². The van der Waals surface area contributed by atoms with Crippen molar-refractivity contribution in [3.63, 3.8) is 0 Å². The summed E-state index contributed by atoms with van der Waals surface area (Å²) in [6.45, 7) is 5.97. The van der Waals surface area contributed by atoms with Crippen molar-refractivity contribution >= 4 is 11.6 Å². The molecule has 2 atom stereocenters. The van der Waals surface area contributed by atoms with Crippen LogP contribution in [0.15, 0.2) is 24.3 Å². The first kappa shape index (κ1) is 13.7. The quantitative estimate of drug-likeness (QED) is 0.891. The Bertz CT molecular complexity index is 384. The van der Waals surface area contributed by atoms with Gasteiger partial charge in [-0.25, -0.2) is 0 Å². The first-order valence-corrected chi connectivity index (χ1v) is 6.89. The van der Waals surface area contributed by atoms with E-state index in [0.717, 1.165) is 25.4 Å². The van der Waals surface area contributed by atoms with Crippen molar-refractivity contribution < 1.29 is 4.74 Å². The molecule has 0 saturated carbocycles. The number of likely N-dealkylation sites (tertiary alicyclic amines) is 1. The van der Waals surface area contributed by atoms with Crippen LogP contribution in [-0.4, -0.2) is 37.2 Å². The Kier molecular flexibility index (Phi) is 4.87. The van der Waals surface area contributed by atoms with Crippen molar-refractivity contribution in [3.05, 3.63) is 29.3 Å². The largest absolute Gasteiger partial charge is 0.492 e. The molecule has 0 aliphatic carbocycles. The Morgan fingerprint density at radius 3 is 3.06 bits per heavy atom. The predicted molar refractivity (Wildman–Crippen MR) is 75.1 cm³/mol. The third kappa shape index (κ3) is 3.87. The zero-order valence-electron chi connectivity index (χ0n) is 10.8. The highest BCUT2D eigenvalue weighted by atomic mass is 35.5. The second-order valence-corrected chi connectivity index (χ2v) is 5.45. The summed E-state index contributed by atoms with van der Waals surface area (Å²) in [6.07, 6.45) is 1.20. The Labute approximate surface area is 114 Å². The third-order valence-corrected chi connectivity index (χ3v) is 3.76. The van der Waals surface area contributed by atoms with Crippen LogP contribution in [0.4, 0.5) is 0 Å². The minimum atomic E-state index is 0.295. The van der Waals surface area contributed by atoms with Crippen LogP contribution in [0.2, 0.25) is 5.02 Å². The van der Waals surface area contributed by atoms with Gasteiger partial charge in [-0.05, 0) is 44.0 Å². The van der Waals surface area contributed by atoms with Crippen LogP contribution in [0.3, 0.4) is 0 Å². The molecule has 0 radical (unpaired) electrons. The number of benzene rings is 1. The lowest BCUT2D eigenvalue weighted by Crippen LogP contribution is -2.31. The van der Waals surface area contributed by atoms with E-state index >= 15 is 0 Å². The molecule has 2 N–H and O–H groups in total. The number of ether oxygens (including phenoxy) is 1. The fraction of sp³-hybridized carbons (Fsp3) is 0.571. The van der Waals surface area contributed by atoms with Crippen LogP contribution in [-0.2, 0) is 0 Å². The van der Waals surface area contributed by atoms with Crippen molar-refractivity contribution in [1.82, 2.24) is 4.90 Å². The molecular weight excluding hydrogens is 248 g/mol. The molecule has 1 aliphatic heterocycles. The number of halogens is 1. The Morgan fingerprint density at radius 2 is 2.39 bits per heavy atom. The van der Waals surface area contributed by atoms with E-state index in [0.29, 0.717) is 23.6 Å². The zero-order chi connectivity index (χ0) is 13.0. The van der Waals surface area contributed by atoms with E-state index in [1.54, 1.807) is 0 Å². The van der Waals surface area contributed by atoms with E-state index in [4.69, 9.17) is 22.1 Å². The van der Waals surface area contributed by atoms with Gasteiger partial charge in [-0.15, -0.1) is 0 Å². The van der Waals surface area contributed by atoms with Crippen molar-refractivity contribution in [2.45, 2.75) is 19.4 Å². The normalized spacial score (nSPS) is 22.1. The van der Waals surface area contributed by atoms with Crippen LogP contribution in [0, 0.1) is 5.92 Å². The van der Waals surface area contributed by atoms with Crippen LogP contribution in [0.1, 0.15) is 13.3 Å². The van der Waals surface area contributed by atoms with E-state index in [-0.39, 0.29) is 0 Å². The average molecular weight is 269 g/mol. The van der Waals surface area contributed by atoms with Gasteiger partial charge in [-0.1, -0.05) is 17.7 Å². The molecule has 2 unspecified atom stereocenters. The molecule has 2 rings (SSSR count). The van der Waals surface area contributed by atoms with Crippen molar-refractivity contribution in [2.75, 3.05) is 26.2 Å². The maximum atomic E-state index is 5.92. The molecule has 1 aliphatic rings. The lowest BCUT2D eigenvalue weighted by molar-refractivity contribution is 0.230. The number of rotatable bonds is 5. The molecule has 0 spiro atoms. The van der Waals surface area contributed by atoms with E-state index in [1.165, 1.54) is 6.42 Å². The molecule has 1 aromatic rings. The summed E-state index contributed by atoms with van der Waals surface area (Å²) in [5.74, 6) is 1.47. The van der Waals surface area contributed by atoms with E-state index in [1.807, 2.05) is 24.3 Å². The van der Waals surface area contributed by atoms with Crippen LogP contribution in [0.5, 0.6) is 5.75 Å². The molecule has 0 aromatic heterocycles. The minimum absolute atomic E-state index is 0.295. The van der Waals surface area contributed by atoms with Gasteiger partial charge in [0.2, 0.25) is 0 Å². The number of hydrogen-bond donors (Lipinski definition) is 1. The summed E-state index contributed by atoms with van der Waals surface area (Å²) >= 11 is 5.90. The van der Waals surface area contributed by atoms with E-state index in [2.05, 4.69) is 11.8 Å². The van der Waals surface area contributed by atoms with Gasteiger partial charge in [0.25, 0.3) is 0 Å². The minimum Gasteiger partial charge on any atom is -0.492 e. The first-order chi connectivity index (χ1) is 8.65. The summed E-state index contributed by atoms with van der Waals surface area (Å²) in [4.78, 5) is 2.42.